The summed E-state index contributed by atoms with van der Waals surface area (Å²) in [6.07, 6.45) is 1.50. The number of hydrogen-bond donors (Lipinski definition) is 1. The van der Waals surface area contributed by atoms with Crippen molar-refractivity contribution in [3.63, 3.8) is 0 Å². The molecule has 0 bridgehead atoms. The summed E-state index contributed by atoms with van der Waals surface area (Å²) in [5, 5.41) is 14.3. The van der Waals surface area contributed by atoms with Crippen molar-refractivity contribution in [1.82, 2.24) is 0 Å². The van der Waals surface area contributed by atoms with E-state index in [-0.39, 0.29) is 5.57 Å². The number of para-hydroxylation sites is 1. The van der Waals surface area contributed by atoms with Crippen LogP contribution in [-0.2, 0) is 4.79 Å². The smallest absolute Gasteiger partial charge is 0.266 e. The van der Waals surface area contributed by atoms with Gasteiger partial charge in [-0.1, -0.05) is 48.5 Å². The van der Waals surface area contributed by atoms with Gasteiger partial charge in [0.25, 0.3) is 5.91 Å². The second kappa shape index (κ2) is 8.74. The van der Waals surface area contributed by atoms with Crippen LogP contribution < -0.4 is 14.8 Å². The van der Waals surface area contributed by atoms with Crippen LogP contribution in [-0.4, -0.2) is 19.6 Å². The van der Waals surface area contributed by atoms with Crippen LogP contribution in [0.3, 0.4) is 0 Å². The zero-order valence-corrected chi connectivity index (χ0v) is 15.7. The van der Waals surface area contributed by atoms with Crippen molar-refractivity contribution in [3.8, 4) is 17.6 Å². The largest absolute Gasteiger partial charge is 0.492 e. The molecular weight excluding hydrogens is 352 g/mol. The van der Waals surface area contributed by atoms with Gasteiger partial charge in [-0.3, -0.25) is 4.79 Å². The van der Waals surface area contributed by atoms with Crippen molar-refractivity contribution in [2.24, 2.45) is 0 Å². The summed E-state index contributed by atoms with van der Waals surface area (Å²) in [4.78, 5) is 12.7. The zero-order chi connectivity index (χ0) is 19.9. The van der Waals surface area contributed by atoms with Gasteiger partial charge in [-0.2, -0.15) is 5.26 Å². The van der Waals surface area contributed by atoms with Crippen LogP contribution >= 0.6 is 0 Å². The number of anilines is 1. The number of ether oxygens (including phenoxy) is 2. The molecule has 0 unspecified atom stereocenters. The molecular formula is C23H20N2O3. The molecule has 0 aliphatic carbocycles. The first-order valence-electron chi connectivity index (χ1n) is 8.88. The zero-order valence-electron chi connectivity index (χ0n) is 15.7. The highest BCUT2D eigenvalue weighted by Gasteiger charge is 2.14. The minimum Gasteiger partial charge on any atom is -0.492 e. The maximum Gasteiger partial charge on any atom is 0.266 e. The van der Waals surface area contributed by atoms with Crippen molar-refractivity contribution in [1.29, 1.82) is 5.26 Å². The average molecular weight is 372 g/mol. The van der Waals surface area contributed by atoms with Gasteiger partial charge >= 0.3 is 0 Å². The Morgan fingerprint density at radius 2 is 1.86 bits per heavy atom. The predicted molar refractivity (Wildman–Crippen MR) is 110 cm³/mol. The van der Waals surface area contributed by atoms with Crippen molar-refractivity contribution >= 4 is 28.4 Å². The monoisotopic (exact) mass is 372 g/mol. The molecule has 0 aliphatic heterocycles. The summed E-state index contributed by atoms with van der Waals surface area (Å²) >= 11 is 0. The number of nitrogens with zero attached hydrogens (tertiary/aromatic N) is 1. The van der Waals surface area contributed by atoms with Crippen LogP contribution in [0.15, 0.2) is 66.2 Å². The van der Waals surface area contributed by atoms with Crippen LogP contribution in [0, 0.1) is 11.3 Å². The maximum absolute atomic E-state index is 12.7. The molecule has 0 saturated carbocycles. The van der Waals surface area contributed by atoms with Crippen molar-refractivity contribution in [2.75, 3.05) is 19.0 Å². The molecule has 28 heavy (non-hydrogen) atoms. The number of nitriles is 1. The lowest BCUT2D eigenvalue weighted by atomic mass is 10.1. The molecule has 0 aliphatic rings. The molecule has 0 radical (unpaired) electrons. The van der Waals surface area contributed by atoms with E-state index in [2.05, 4.69) is 5.32 Å². The first-order chi connectivity index (χ1) is 13.7. The molecule has 0 saturated heterocycles. The predicted octanol–water partition coefficient (Wildman–Crippen LogP) is 4.79. The fourth-order valence-electron chi connectivity index (χ4n) is 2.96. The van der Waals surface area contributed by atoms with E-state index in [1.807, 2.05) is 55.5 Å². The Hall–Kier alpha value is -3.78. The molecule has 0 fully saturated rings. The lowest BCUT2D eigenvalue weighted by molar-refractivity contribution is -0.112. The first kappa shape index (κ1) is 19.0. The molecule has 140 valence electrons. The number of hydrogen-bond acceptors (Lipinski definition) is 4. The Balaban J connectivity index is 1.94. The summed E-state index contributed by atoms with van der Waals surface area (Å²) in [6.45, 7) is 2.36. The summed E-state index contributed by atoms with van der Waals surface area (Å²) < 4.78 is 11.0. The second-order valence-corrected chi connectivity index (χ2v) is 5.96. The van der Waals surface area contributed by atoms with Crippen LogP contribution in [0.5, 0.6) is 11.5 Å². The highest BCUT2D eigenvalue weighted by atomic mass is 16.5. The Kier molecular flexibility index (Phi) is 5.93. The Morgan fingerprint density at radius 1 is 1.11 bits per heavy atom. The SMILES string of the molecule is CCOc1cccc(/C=C(\C#N)C(=O)Nc2cccc3ccccc23)c1OC. The van der Waals surface area contributed by atoms with Crippen molar-refractivity contribution in [3.05, 3.63) is 71.8 Å². The molecule has 0 heterocycles. The van der Waals surface area contributed by atoms with Crippen LogP contribution in [0.1, 0.15) is 12.5 Å². The Labute approximate surface area is 163 Å². The number of benzene rings is 3. The lowest BCUT2D eigenvalue weighted by Crippen LogP contribution is -2.13. The number of rotatable bonds is 6. The quantitative estimate of drug-likeness (QED) is 0.499. The summed E-state index contributed by atoms with van der Waals surface area (Å²) in [7, 11) is 1.53. The van der Waals surface area contributed by atoms with Crippen LogP contribution in [0.4, 0.5) is 5.69 Å². The average Bonchev–Trinajstić information content (AvgIpc) is 2.72. The molecule has 3 aromatic carbocycles. The minimum atomic E-state index is -0.484. The van der Waals surface area contributed by atoms with E-state index in [0.29, 0.717) is 29.4 Å². The van der Waals surface area contributed by atoms with Gasteiger partial charge in [0.2, 0.25) is 0 Å². The second-order valence-electron chi connectivity index (χ2n) is 5.96. The van der Waals surface area contributed by atoms with Gasteiger partial charge in [0.05, 0.1) is 13.7 Å². The summed E-state index contributed by atoms with van der Waals surface area (Å²) in [6, 6.07) is 20.7. The normalized spacial score (nSPS) is 11.0. The molecule has 0 aromatic heterocycles. The third-order valence-corrected chi connectivity index (χ3v) is 4.22. The van der Waals surface area contributed by atoms with E-state index in [0.717, 1.165) is 10.8 Å². The van der Waals surface area contributed by atoms with Gasteiger partial charge in [0, 0.05) is 16.6 Å². The third-order valence-electron chi connectivity index (χ3n) is 4.22. The standard InChI is InChI=1S/C23H20N2O3/c1-3-28-21-13-7-10-17(22(21)27-2)14-18(15-24)23(26)25-20-12-6-9-16-8-4-5-11-19(16)20/h4-14H,3H2,1-2H3,(H,25,26)/b18-14+. The fourth-order valence-corrected chi connectivity index (χ4v) is 2.96. The first-order valence-corrected chi connectivity index (χ1v) is 8.88. The molecule has 5 heteroatoms. The molecule has 1 N–H and O–H groups in total. The number of nitrogens with one attached hydrogen (secondary N) is 1. The van der Waals surface area contributed by atoms with Gasteiger partial charge in [-0.15, -0.1) is 0 Å². The minimum absolute atomic E-state index is 0.0279. The molecule has 1 amide bonds. The molecule has 0 spiro atoms. The van der Waals surface area contributed by atoms with E-state index >= 15 is 0 Å². The Morgan fingerprint density at radius 3 is 2.61 bits per heavy atom. The molecule has 3 aromatic rings. The van der Waals surface area contributed by atoms with Gasteiger partial charge < -0.3 is 14.8 Å². The number of amides is 1. The molecule has 0 atom stereocenters. The number of fused-ring (bicyclic) bond motifs is 1. The van der Waals surface area contributed by atoms with Gasteiger partial charge in [-0.05, 0) is 30.5 Å². The third kappa shape index (κ3) is 3.97. The lowest BCUT2D eigenvalue weighted by Gasteiger charge is -2.12. The van der Waals surface area contributed by atoms with Crippen LogP contribution in [0.2, 0.25) is 0 Å². The van der Waals surface area contributed by atoms with Crippen LogP contribution in [0.25, 0.3) is 16.8 Å². The topological polar surface area (TPSA) is 71.3 Å². The van der Waals surface area contributed by atoms with E-state index in [4.69, 9.17) is 9.47 Å². The van der Waals surface area contributed by atoms with E-state index < -0.39 is 5.91 Å². The number of carbonyl (C=O) groups is 1. The highest BCUT2D eigenvalue weighted by Crippen LogP contribution is 2.32. The van der Waals surface area contributed by atoms with Crippen molar-refractivity contribution in [2.45, 2.75) is 6.92 Å². The van der Waals surface area contributed by atoms with Gasteiger partial charge in [0.1, 0.15) is 11.6 Å². The van der Waals surface area contributed by atoms with Crippen molar-refractivity contribution < 1.29 is 14.3 Å². The molecule has 3 rings (SSSR count). The maximum atomic E-state index is 12.7. The van der Waals surface area contributed by atoms with E-state index in [1.165, 1.54) is 13.2 Å². The van der Waals surface area contributed by atoms with E-state index in [1.54, 1.807) is 18.2 Å². The number of carbonyl (C=O) groups excluding carboxylic acids is 1. The van der Waals surface area contributed by atoms with E-state index in [9.17, 15) is 10.1 Å². The van der Waals surface area contributed by atoms with Gasteiger partial charge in [0.15, 0.2) is 11.5 Å². The highest BCUT2D eigenvalue weighted by molar-refractivity contribution is 6.13. The Bertz CT molecular complexity index is 1080. The summed E-state index contributed by atoms with van der Waals surface area (Å²) in [5.41, 5.74) is 1.22. The fraction of sp³-hybridized carbons (Fsp3) is 0.130. The van der Waals surface area contributed by atoms with Gasteiger partial charge in [-0.25, -0.2) is 0 Å². The molecule has 5 nitrogen and oxygen atoms in total. The number of methoxy groups -OCH3 is 1. The summed E-state index contributed by atoms with van der Waals surface area (Å²) in [5.74, 6) is 0.559.